The van der Waals surface area contributed by atoms with E-state index in [0.717, 1.165) is 29.5 Å². The average molecular weight is 516 g/mol. The van der Waals surface area contributed by atoms with Crippen molar-refractivity contribution in [2.75, 3.05) is 13.1 Å². The van der Waals surface area contributed by atoms with Crippen LogP contribution in [0, 0.1) is 14.4 Å². The van der Waals surface area contributed by atoms with E-state index in [1.807, 2.05) is 6.21 Å². The molecule has 0 spiro atoms. The van der Waals surface area contributed by atoms with Gasteiger partial charge < -0.3 is 12.5 Å². The molecule has 170 valence electrons. The summed E-state index contributed by atoms with van der Waals surface area (Å²) in [5.41, 5.74) is 3.27. The monoisotopic (exact) mass is 515 g/mol. The van der Waals surface area contributed by atoms with Crippen LogP contribution in [-0.4, -0.2) is 29.4 Å². The van der Waals surface area contributed by atoms with Crippen LogP contribution in [0.25, 0.3) is 0 Å². The SMILES string of the molecule is Cc1cc(Pc2ccccc2/C=N\N2CCCCC2)c(O)c(C(C)(C)C)c1.[CH3-].[Cl][Ti][Cl]. The van der Waals surface area contributed by atoms with E-state index < -0.39 is 17.0 Å². The van der Waals surface area contributed by atoms with Crippen LogP contribution in [-0.2, 0) is 22.4 Å². The third kappa shape index (κ3) is 9.07. The van der Waals surface area contributed by atoms with Gasteiger partial charge in [0.2, 0.25) is 0 Å². The van der Waals surface area contributed by atoms with Crippen LogP contribution in [0.2, 0.25) is 0 Å². The zero-order chi connectivity index (χ0) is 22.1. The number of halogens is 2. The van der Waals surface area contributed by atoms with Gasteiger partial charge in [-0.1, -0.05) is 59.7 Å². The predicted molar refractivity (Wildman–Crippen MR) is 137 cm³/mol. The number of nitrogens with zero attached hydrogens (tertiary/aromatic N) is 2. The first-order valence-corrected chi connectivity index (χ1v) is 15.5. The Labute approximate surface area is 207 Å². The number of rotatable bonds is 4. The second kappa shape index (κ2) is 13.9. The minimum absolute atomic E-state index is 0. The first-order chi connectivity index (χ1) is 14.3. The number of benzene rings is 2. The molecule has 0 saturated carbocycles. The third-order valence-electron chi connectivity index (χ3n) is 4.98. The topological polar surface area (TPSA) is 35.8 Å². The van der Waals surface area contributed by atoms with E-state index in [1.54, 1.807) is 0 Å². The van der Waals surface area contributed by atoms with Crippen molar-refractivity contribution >= 4 is 44.0 Å². The molecule has 3 nitrogen and oxygen atoms in total. The van der Waals surface area contributed by atoms with Crippen LogP contribution in [0.15, 0.2) is 41.5 Å². The molecule has 2 aromatic carbocycles. The van der Waals surface area contributed by atoms with E-state index in [4.69, 9.17) is 23.7 Å². The number of aromatic hydroxyl groups is 1. The van der Waals surface area contributed by atoms with Gasteiger partial charge >= 0.3 is 35.6 Å². The van der Waals surface area contributed by atoms with Gasteiger partial charge in [-0.05, 0) is 48.5 Å². The number of phenols is 1. The van der Waals surface area contributed by atoms with E-state index in [0.29, 0.717) is 14.3 Å². The Morgan fingerprint density at radius 1 is 1.06 bits per heavy atom. The molecular formula is C24H34Cl2N2OPTi-. The molecule has 0 aromatic heterocycles. The number of piperidine rings is 1. The summed E-state index contributed by atoms with van der Waals surface area (Å²) in [4.78, 5) is 0. The Kier molecular flexibility index (Phi) is 12.7. The summed E-state index contributed by atoms with van der Waals surface area (Å²) in [5, 5.41) is 20.0. The van der Waals surface area contributed by atoms with Gasteiger partial charge in [-0.15, -0.1) is 0 Å². The van der Waals surface area contributed by atoms with Gasteiger partial charge in [-0.25, -0.2) is 0 Å². The van der Waals surface area contributed by atoms with Crippen molar-refractivity contribution in [1.29, 1.82) is 0 Å². The van der Waals surface area contributed by atoms with E-state index in [1.165, 1.54) is 30.1 Å². The van der Waals surface area contributed by atoms with Crippen LogP contribution in [0.1, 0.15) is 56.7 Å². The maximum atomic E-state index is 10.9. The molecular weight excluding hydrogens is 482 g/mol. The summed E-state index contributed by atoms with van der Waals surface area (Å²) in [6.45, 7) is 10.6. The summed E-state index contributed by atoms with van der Waals surface area (Å²) in [6, 6.07) is 12.6. The predicted octanol–water partition coefficient (Wildman–Crippen LogP) is 6.27. The molecule has 1 atom stereocenters. The maximum absolute atomic E-state index is 10.9. The number of hydrogen-bond donors (Lipinski definition) is 1. The second-order valence-electron chi connectivity index (χ2n) is 8.50. The fourth-order valence-corrected chi connectivity index (χ4v) is 4.77. The molecule has 1 heterocycles. The molecule has 3 rings (SSSR count). The second-order valence-corrected chi connectivity index (χ2v) is 12.4. The first-order valence-electron chi connectivity index (χ1n) is 10.2. The van der Waals surface area contributed by atoms with Gasteiger partial charge in [0.1, 0.15) is 5.75 Å². The Morgan fingerprint density at radius 3 is 2.29 bits per heavy atom. The molecule has 1 N–H and O–H groups in total. The summed E-state index contributed by atoms with van der Waals surface area (Å²) in [5.74, 6) is 0.439. The van der Waals surface area contributed by atoms with Gasteiger partial charge in [0.05, 0.1) is 6.21 Å². The molecule has 0 aliphatic carbocycles. The van der Waals surface area contributed by atoms with Crippen LogP contribution >= 0.6 is 27.2 Å². The summed E-state index contributed by atoms with van der Waals surface area (Å²) in [7, 11) is 10.2. The van der Waals surface area contributed by atoms with Crippen molar-refractivity contribution in [3.63, 3.8) is 0 Å². The molecule has 1 saturated heterocycles. The molecule has 7 heteroatoms. The van der Waals surface area contributed by atoms with Gasteiger partial charge in [0.15, 0.2) is 0 Å². The molecule has 0 amide bonds. The number of aryl methyl sites for hydroxylation is 1. The average Bonchev–Trinajstić information content (AvgIpc) is 2.70. The first kappa shape index (κ1) is 28.5. The molecule has 0 radical (unpaired) electrons. The fourth-order valence-electron chi connectivity index (χ4n) is 3.45. The van der Waals surface area contributed by atoms with E-state index in [-0.39, 0.29) is 12.8 Å². The Balaban J connectivity index is 0.00000113. The van der Waals surface area contributed by atoms with Crippen LogP contribution in [0.4, 0.5) is 0 Å². The van der Waals surface area contributed by atoms with Crippen molar-refractivity contribution < 1.29 is 22.1 Å². The third-order valence-corrected chi connectivity index (χ3v) is 6.36. The van der Waals surface area contributed by atoms with Gasteiger partial charge in [-0.2, -0.15) is 5.10 Å². The molecule has 1 aliphatic heterocycles. The minimum atomic E-state index is -0.556. The van der Waals surface area contributed by atoms with Crippen molar-refractivity contribution in [3.05, 3.63) is 60.5 Å². The van der Waals surface area contributed by atoms with Crippen molar-refractivity contribution in [3.8, 4) is 5.75 Å². The molecule has 1 unspecified atom stereocenters. The normalized spacial score (nSPS) is 14.3. The van der Waals surface area contributed by atoms with Crippen LogP contribution < -0.4 is 10.6 Å². The van der Waals surface area contributed by atoms with Crippen molar-refractivity contribution in [2.45, 2.75) is 52.4 Å². The number of hydrogen-bond acceptors (Lipinski definition) is 3. The quantitative estimate of drug-likeness (QED) is 0.225. The van der Waals surface area contributed by atoms with Crippen LogP contribution in [0.5, 0.6) is 5.75 Å². The van der Waals surface area contributed by atoms with Gasteiger partial charge in [-0.3, -0.25) is 5.01 Å². The molecule has 2 aromatic rings. The molecule has 0 bridgehead atoms. The summed E-state index contributed by atoms with van der Waals surface area (Å²) >= 11 is -0.556. The standard InChI is InChI=1S/C23H31N2OP.CH3.2ClH.Ti/c1-17-14-19(23(2,3)4)22(26)21(15-17)27-20-11-7-6-10-18(20)16-24-25-12-8-5-9-13-25;;;;/h6-7,10-11,14-16,26-27H,5,8-9,12-13H2,1-4H3;1H3;2*1H;/q;-1;;;+2/p-2/b24-16-;;;;. The Morgan fingerprint density at radius 2 is 1.68 bits per heavy atom. The fraction of sp³-hybridized carbons (Fsp3) is 0.417. The van der Waals surface area contributed by atoms with Gasteiger partial charge in [0, 0.05) is 29.5 Å². The summed E-state index contributed by atoms with van der Waals surface area (Å²) < 4.78 is 0. The van der Waals surface area contributed by atoms with Crippen molar-refractivity contribution in [1.82, 2.24) is 5.01 Å². The van der Waals surface area contributed by atoms with E-state index in [9.17, 15) is 5.11 Å². The Hall–Kier alpha value is -0.566. The zero-order valence-corrected chi connectivity index (χ0v) is 23.2. The van der Waals surface area contributed by atoms with Gasteiger partial charge in [0.25, 0.3) is 0 Å². The molecule has 31 heavy (non-hydrogen) atoms. The van der Waals surface area contributed by atoms with E-state index in [2.05, 4.69) is 69.1 Å². The van der Waals surface area contributed by atoms with Crippen LogP contribution in [0.3, 0.4) is 0 Å². The number of phenolic OH excluding ortho intramolecular Hbond substituents is 1. The zero-order valence-electron chi connectivity index (χ0n) is 19.2. The molecule has 1 aliphatic rings. The van der Waals surface area contributed by atoms with E-state index >= 15 is 0 Å². The Bertz CT molecular complexity index is 850. The van der Waals surface area contributed by atoms with Crippen molar-refractivity contribution in [2.24, 2.45) is 5.10 Å². The number of hydrazone groups is 1. The molecule has 1 fully saturated rings. The summed E-state index contributed by atoms with van der Waals surface area (Å²) in [6.07, 6.45) is 5.76.